The molecule has 0 spiro atoms. The molecule has 0 aliphatic heterocycles. The fraction of sp³-hybridized carbons (Fsp3) is 0.800. The van der Waals surface area contributed by atoms with Crippen LogP contribution >= 0.6 is 0 Å². The molecule has 0 amide bonds. The van der Waals surface area contributed by atoms with Crippen LogP contribution in [0.25, 0.3) is 0 Å². The lowest BCUT2D eigenvalue weighted by Gasteiger charge is -2.22. The quantitative estimate of drug-likeness (QED) is 0.785. The van der Waals surface area contributed by atoms with Crippen molar-refractivity contribution in [1.29, 1.82) is 0 Å². The third-order valence-electron chi connectivity index (χ3n) is 3.24. The largest absolute Gasteiger partial charge is 0.332 e. The molecule has 0 aliphatic rings. The smallest absolute Gasteiger partial charge is 0.0949 e. The highest BCUT2D eigenvalue weighted by molar-refractivity contribution is 4.99. The second-order valence-corrected chi connectivity index (χ2v) is 6.12. The average molecular weight is 266 g/mol. The van der Waals surface area contributed by atoms with Crippen LogP contribution < -0.4 is 5.32 Å². The lowest BCUT2D eigenvalue weighted by atomic mass is 10.1. The maximum atomic E-state index is 4.28. The fourth-order valence-corrected chi connectivity index (χ4v) is 2.05. The normalized spacial score (nSPS) is 12.3. The van der Waals surface area contributed by atoms with Gasteiger partial charge >= 0.3 is 0 Å². The van der Waals surface area contributed by atoms with Gasteiger partial charge in [-0.15, -0.1) is 0 Å². The highest BCUT2D eigenvalue weighted by Gasteiger charge is 2.11. The zero-order chi connectivity index (χ0) is 14.3. The molecule has 0 aromatic carbocycles. The molecule has 1 heterocycles. The van der Waals surface area contributed by atoms with Crippen molar-refractivity contribution in [3.05, 3.63) is 18.2 Å². The van der Waals surface area contributed by atoms with E-state index in [2.05, 4.69) is 54.4 Å². The Balaban J connectivity index is 2.48. The summed E-state index contributed by atoms with van der Waals surface area (Å²) in [6.07, 6.45) is 5.13. The van der Waals surface area contributed by atoms with Crippen LogP contribution in [-0.4, -0.2) is 39.6 Å². The molecule has 0 radical (unpaired) electrons. The first-order chi connectivity index (χ1) is 8.96. The second kappa shape index (κ2) is 7.65. The van der Waals surface area contributed by atoms with Crippen molar-refractivity contribution in [2.24, 2.45) is 0 Å². The van der Waals surface area contributed by atoms with Crippen LogP contribution in [0, 0.1) is 0 Å². The number of likely N-dealkylation sites (N-methyl/N-ethyl adjacent to an activating group) is 1. The summed E-state index contributed by atoms with van der Waals surface area (Å²) in [5, 5.41) is 3.52. The number of hydrogen-bond donors (Lipinski definition) is 1. The highest BCUT2D eigenvalue weighted by atomic mass is 15.2. The third-order valence-corrected chi connectivity index (χ3v) is 3.24. The van der Waals surface area contributed by atoms with Crippen molar-refractivity contribution in [3.8, 4) is 0 Å². The molecule has 1 aromatic rings. The van der Waals surface area contributed by atoms with E-state index in [9.17, 15) is 0 Å². The molecule has 1 N–H and O–H groups in total. The SMILES string of the molecule is CCCN(CC)CCn1cncc1CNC(C)(C)C. The molecule has 110 valence electrons. The van der Waals surface area contributed by atoms with Gasteiger partial charge in [-0.2, -0.15) is 0 Å². The van der Waals surface area contributed by atoms with Gasteiger partial charge in [0.1, 0.15) is 0 Å². The molecule has 1 aromatic heterocycles. The topological polar surface area (TPSA) is 33.1 Å². The predicted molar refractivity (Wildman–Crippen MR) is 81.2 cm³/mol. The lowest BCUT2D eigenvalue weighted by molar-refractivity contribution is 0.274. The van der Waals surface area contributed by atoms with Crippen LogP contribution in [0.3, 0.4) is 0 Å². The average Bonchev–Trinajstić information content (AvgIpc) is 2.78. The van der Waals surface area contributed by atoms with Crippen molar-refractivity contribution < 1.29 is 0 Å². The van der Waals surface area contributed by atoms with E-state index in [4.69, 9.17) is 0 Å². The predicted octanol–water partition coefficient (Wildman–Crippen LogP) is 2.50. The number of nitrogens with one attached hydrogen (secondary N) is 1. The summed E-state index contributed by atoms with van der Waals surface area (Å²) < 4.78 is 2.26. The number of imidazole rings is 1. The van der Waals surface area contributed by atoms with Crippen LogP contribution in [0.2, 0.25) is 0 Å². The summed E-state index contributed by atoms with van der Waals surface area (Å²) in [5.41, 5.74) is 1.41. The summed E-state index contributed by atoms with van der Waals surface area (Å²) in [5.74, 6) is 0. The summed E-state index contributed by atoms with van der Waals surface area (Å²) in [4.78, 5) is 6.76. The van der Waals surface area contributed by atoms with Gasteiger partial charge in [-0.1, -0.05) is 13.8 Å². The first-order valence-corrected chi connectivity index (χ1v) is 7.42. The zero-order valence-corrected chi connectivity index (χ0v) is 13.2. The molecule has 0 atom stereocenters. The Hall–Kier alpha value is -0.870. The van der Waals surface area contributed by atoms with Gasteiger partial charge in [-0.05, 0) is 40.3 Å². The van der Waals surface area contributed by atoms with E-state index in [1.807, 2.05) is 12.5 Å². The van der Waals surface area contributed by atoms with Gasteiger partial charge in [-0.3, -0.25) is 0 Å². The van der Waals surface area contributed by atoms with Gasteiger partial charge in [0.05, 0.1) is 12.0 Å². The number of hydrogen-bond acceptors (Lipinski definition) is 3. The number of aromatic nitrogens is 2. The van der Waals surface area contributed by atoms with Gasteiger partial charge in [-0.25, -0.2) is 4.98 Å². The standard InChI is InChI=1S/C15H30N4/c1-6-8-18(7-2)9-10-19-13-16-11-14(19)12-17-15(3,4)5/h11,13,17H,6-10,12H2,1-5H3. The summed E-state index contributed by atoms with van der Waals surface area (Å²) in [6, 6.07) is 0. The van der Waals surface area contributed by atoms with Crippen molar-refractivity contribution >= 4 is 0 Å². The van der Waals surface area contributed by atoms with E-state index < -0.39 is 0 Å². The molecule has 0 fully saturated rings. The Morgan fingerprint density at radius 3 is 2.58 bits per heavy atom. The van der Waals surface area contributed by atoms with Crippen LogP contribution in [0.1, 0.15) is 46.7 Å². The number of rotatable bonds is 8. The minimum absolute atomic E-state index is 0.146. The van der Waals surface area contributed by atoms with E-state index in [1.165, 1.54) is 18.7 Å². The Labute approximate surface area is 118 Å². The Morgan fingerprint density at radius 2 is 2.00 bits per heavy atom. The number of nitrogens with zero attached hydrogens (tertiary/aromatic N) is 3. The first-order valence-electron chi connectivity index (χ1n) is 7.42. The van der Waals surface area contributed by atoms with Crippen molar-refractivity contribution in [3.63, 3.8) is 0 Å². The summed E-state index contributed by atoms with van der Waals surface area (Å²) in [7, 11) is 0. The molecular formula is C15H30N4. The van der Waals surface area contributed by atoms with E-state index in [1.54, 1.807) is 0 Å². The van der Waals surface area contributed by atoms with E-state index in [0.717, 1.165) is 26.2 Å². The molecule has 4 heteroatoms. The molecule has 0 unspecified atom stereocenters. The van der Waals surface area contributed by atoms with Gasteiger partial charge in [0.2, 0.25) is 0 Å². The van der Waals surface area contributed by atoms with Crippen molar-refractivity contribution in [2.45, 2.75) is 59.7 Å². The molecule has 4 nitrogen and oxygen atoms in total. The molecule has 0 saturated heterocycles. The lowest BCUT2D eigenvalue weighted by Crippen LogP contribution is -2.36. The molecule has 0 aliphatic carbocycles. The third kappa shape index (κ3) is 6.21. The fourth-order valence-electron chi connectivity index (χ4n) is 2.05. The Bertz CT molecular complexity index is 351. The molecule has 0 saturated carbocycles. The van der Waals surface area contributed by atoms with E-state index in [-0.39, 0.29) is 5.54 Å². The molecule has 1 rings (SSSR count). The van der Waals surface area contributed by atoms with E-state index >= 15 is 0 Å². The van der Waals surface area contributed by atoms with Gasteiger partial charge in [0, 0.05) is 31.4 Å². The Kier molecular flexibility index (Phi) is 6.52. The maximum absolute atomic E-state index is 4.28. The van der Waals surface area contributed by atoms with Gasteiger partial charge in [0.25, 0.3) is 0 Å². The van der Waals surface area contributed by atoms with Gasteiger partial charge < -0.3 is 14.8 Å². The maximum Gasteiger partial charge on any atom is 0.0949 e. The molecule has 19 heavy (non-hydrogen) atoms. The highest BCUT2D eigenvalue weighted by Crippen LogP contribution is 2.05. The monoisotopic (exact) mass is 266 g/mol. The minimum atomic E-state index is 0.146. The van der Waals surface area contributed by atoms with Crippen LogP contribution in [0.5, 0.6) is 0 Å². The molecular weight excluding hydrogens is 236 g/mol. The summed E-state index contributed by atoms with van der Waals surface area (Å²) >= 11 is 0. The van der Waals surface area contributed by atoms with Crippen LogP contribution in [-0.2, 0) is 13.1 Å². The Morgan fingerprint density at radius 1 is 1.26 bits per heavy atom. The van der Waals surface area contributed by atoms with Crippen LogP contribution in [0.15, 0.2) is 12.5 Å². The first kappa shape index (κ1) is 16.2. The second-order valence-electron chi connectivity index (χ2n) is 6.12. The molecule has 0 bridgehead atoms. The summed E-state index contributed by atoms with van der Waals surface area (Å²) in [6.45, 7) is 16.3. The van der Waals surface area contributed by atoms with Crippen molar-refractivity contribution in [1.82, 2.24) is 19.8 Å². The van der Waals surface area contributed by atoms with Crippen LogP contribution in [0.4, 0.5) is 0 Å². The van der Waals surface area contributed by atoms with E-state index in [0.29, 0.717) is 0 Å². The minimum Gasteiger partial charge on any atom is -0.332 e. The zero-order valence-electron chi connectivity index (χ0n) is 13.2. The van der Waals surface area contributed by atoms with Crippen molar-refractivity contribution in [2.75, 3.05) is 19.6 Å². The van der Waals surface area contributed by atoms with Gasteiger partial charge in [0.15, 0.2) is 0 Å².